The summed E-state index contributed by atoms with van der Waals surface area (Å²) in [6.45, 7) is 6.09. The zero-order valence-electron chi connectivity index (χ0n) is 10.3. The quantitative estimate of drug-likeness (QED) is 0.793. The first-order valence-electron chi connectivity index (χ1n) is 5.56. The van der Waals surface area contributed by atoms with Crippen LogP contribution in [-0.4, -0.2) is 47.4 Å². The van der Waals surface area contributed by atoms with Crippen LogP contribution in [0, 0.1) is 5.92 Å². The lowest BCUT2D eigenvalue weighted by Crippen LogP contribution is -2.62. The van der Waals surface area contributed by atoms with E-state index in [0.717, 1.165) is 5.75 Å². The molecular weight excluding hydrogens is 224 g/mol. The largest absolute Gasteiger partial charge is 0.343 e. The van der Waals surface area contributed by atoms with E-state index in [9.17, 15) is 9.59 Å². The molecule has 0 radical (unpaired) electrons. The normalized spacial score (nSPS) is 23.6. The first-order valence-corrected chi connectivity index (χ1v) is 6.95. The Morgan fingerprint density at radius 1 is 1.44 bits per heavy atom. The molecule has 0 bridgehead atoms. The molecule has 0 saturated carbocycles. The van der Waals surface area contributed by atoms with Gasteiger partial charge in [-0.25, -0.2) is 0 Å². The van der Waals surface area contributed by atoms with Gasteiger partial charge in [0.2, 0.25) is 11.8 Å². The van der Waals surface area contributed by atoms with Crippen LogP contribution in [0.2, 0.25) is 0 Å². The molecule has 2 amide bonds. The van der Waals surface area contributed by atoms with Crippen LogP contribution >= 0.6 is 11.8 Å². The highest BCUT2D eigenvalue weighted by Crippen LogP contribution is 2.15. The molecule has 1 heterocycles. The van der Waals surface area contributed by atoms with Crippen molar-refractivity contribution in [2.45, 2.75) is 32.9 Å². The fourth-order valence-electron chi connectivity index (χ4n) is 1.85. The second-order valence-electron chi connectivity index (χ2n) is 4.56. The van der Waals surface area contributed by atoms with Crippen molar-refractivity contribution < 1.29 is 9.59 Å². The van der Waals surface area contributed by atoms with E-state index in [2.05, 4.69) is 5.32 Å². The highest BCUT2D eigenvalue weighted by molar-refractivity contribution is 7.98. The third-order valence-corrected chi connectivity index (χ3v) is 3.60. The second kappa shape index (κ2) is 5.57. The average Bonchev–Trinajstić information content (AvgIpc) is 2.20. The van der Waals surface area contributed by atoms with Gasteiger partial charge in [-0.3, -0.25) is 9.59 Å². The molecule has 1 saturated heterocycles. The Morgan fingerprint density at radius 2 is 2.06 bits per heavy atom. The van der Waals surface area contributed by atoms with Gasteiger partial charge in [-0.15, -0.1) is 0 Å². The molecular formula is C11H20N2O2S. The van der Waals surface area contributed by atoms with Crippen molar-refractivity contribution in [2.75, 3.05) is 18.6 Å². The molecule has 92 valence electrons. The van der Waals surface area contributed by atoms with Crippen LogP contribution < -0.4 is 5.32 Å². The summed E-state index contributed by atoms with van der Waals surface area (Å²) >= 11 is 1.69. The molecule has 1 aliphatic rings. The third-order valence-electron chi connectivity index (χ3n) is 2.79. The summed E-state index contributed by atoms with van der Waals surface area (Å²) in [5.74, 6) is 1.01. The van der Waals surface area contributed by atoms with E-state index < -0.39 is 0 Å². The van der Waals surface area contributed by atoms with Crippen LogP contribution in [0.25, 0.3) is 0 Å². The van der Waals surface area contributed by atoms with Crippen molar-refractivity contribution >= 4 is 23.6 Å². The van der Waals surface area contributed by atoms with Gasteiger partial charge >= 0.3 is 0 Å². The smallest absolute Gasteiger partial charge is 0.246 e. The maximum absolute atomic E-state index is 12.1. The third kappa shape index (κ3) is 2.90. The first-order chi connectivity index (χ1) is 7.47. The molecule has 0 aromatic rings. The number of hydrogen-bond donors (Lipinski definition) is 1. The Bertz CT molecular complexity index is 281. The van der Waals surface area contributed by atoms with Gasteiger partial charge in [-0.05, 0) is 19.1 Å². The van der Waals surface area contributed by atoms with Crippen molar-refractivity contribution in [1.29, 1.82) is 0 Å². The summed E-state index contributed by atoms with van der Waals surface area (Å²) in [6.07, 6.45) is 2.00. The van der Waals surface area contributed by atoms with E-state index in [1.54, 1.807) is 16.7 Å². The number of piperazine rings is 1. The van der Waals surface area contributed by atoms with Gasteiger partial charge in [-0.2, -0.15) is 11.8 Å². The van der Waals surface area contributed by atoms with E-state index in [1.165, 1.54) is 0 Å². The van der Waals surface area contributed by atoms with Gasteiger partial charge in [0.1, 0.15) is 6.04 Å². The fraction of sp³-hybridized carbons (Fsp3) is 0.818. The molecule has 0 aliphatic carbocycles. The average molecular weight is 244 g/mol. The first kappa shape index (κ1) is 13.4. The molecule has 0 aromatic carbocycles. The molecule has 2 unspecified atom stereocenters. The number of carbonyl (C=O) groups excluding carboxylic acids is 2. The molecule has 2 atom stereocenters. The minimum Gasteiger partial charge on any atom is -0.343 e. The van der Waals surface area contributed by atoms with Gasteiger partial charge < -0.3 is 10.2 Å². The predicted octanol–water partition coefficient (Wildman–Crippen LogP) is 0.721. The number of nitrogens with one attached hydrogen (secondary N) is 1. The Kier molecular flexibility index (Phi) is 4.65. The molecule has 1 N–H and O–H groups in total. The minimum atomic E-state index is -0.356. The summed E-state index contributed by atoms with van der Waals surface area (Å²) in [7, 11) is 0. The summed E-state index contributed by atoms with van der Waals surface area (Å²) in [4.78, 5) is 25.4. The van der Waals surface area contributed by atoms with Gasteiger partial charge in [0.25, 0.3) is 0 Å². The summed E-state index contributed by atoms with van der Waals surface area (Å²) in [6, 6.07) is -0.236. The topological polar surface area (TPSA) is 49.4 Å². The number of nitrogens with zero attached hydrogens (tertiary/aromatic N) is 1. The van der Waals surface area contributed by atoms with Crippen LogP contribution in [0.3, 0.4) is 0 Å². The fourth-order valence-corrected chi connectivity index (χ4v) is 2.51. The van der Waals surface area contributed by atoms with Crippen LogP contribution in [-0.2, 0) is 9.59 Å². The SMILES string of the molecule is CSCC(C)N1CC(=O)NC(C(C)C)C1=O. The van der Waals surface area contributed by atoms with Crippen molar-refractivity contribution in [2.24, 2.45) is 5.92 Å². The van der Waals surface area contributed by atoms with Crippen molar-refractivity contribution in [3.8, 4) is 0 Å². The molecule has 16 heavy (non-hydrogen) atoms. The highest BCUT2D eigenvalue weighted by Gasteiger charge is 2.36. The molecule has 0 aromatic heterocycles. The lowest BCUT2D eigenvalue weighted by Gasteiger charge is -2.37. The minimum absolute atomic E-state index is 0.0498. The lowest BCUT2D eigenvalue weighted by molar-refractivity contribution is -0.147. The molecule has 1 aliphatic heterocycles. The highest BCUT2D eigenvalue weighted by atomic mass is 32.2. The summed E-state index contributed by atoms with van der Waals surface area (Å²) in [5, 5.41) is 2.76. The molecule has 5 heteroatoms. The predicted molar refractivity (Wildman–Crippen MR) is 66.3 cm³/mol. The van der Waals surface area contributed by atoms with Crippen molar-refractivity contribution in [1.82, 2.24) is 10.2 Å². The van der Waals surface area contributed by atoms with E-state index in [4.69, 9.17) is 0 Å². The van der Waals surface area contributed by atoms with Gasteiger partial charge in [0, 0.05) is 11.8 Å². The van der Waals surface area contributed by atoms with E-state index >= 15 is 0 Å². The number of thioether (sulfide) groups is 1. The van der Waals surface area contributed by atoms with Crippen molar-refractivity contribution in [3.05, 3.63) is 0 Å². The zero-order chi connectivity index (χ0) is 12.3. The van der Waals surface area contributed by atoms with Gasteiger partial charge in [0.05, 0.1) is 6.54 Å². The van der Waals surface area contributed by atoms with E-state index in [0.29, 0.717) is 0 Å². The maximum atomic E-state index is 12.1. The number of amides is 2. The van der Waals surface area contributed by atoms with E-state index in [-0.39, 0.29) is 36.4 Å². The Morgan fingerprint density at radius 3 is 2.56 bits per heavy atom. The Labute approximate surface area is 101 Å². The number of hydrogen-bond acceptors (Lipinski definition) is 3. The van der Waals surface area contributed by atoms with Crippen LogP contribution in [0.5, 0.6) is 0 Å². The van der Waals surface area contributed by atoms with Crippen LogP contribution in [0.1, 0.15) is 20.8 Å². The maximum Gasteiger partial charge on any atom is 0.246 e. The molecule has 1 fully saturated rings. The molecule has 4 nitrogen and oxygen atoms in total. The molecule has 0 spiro atoms. The summed E-state index contributed by atoms with van der Waals surface area (Å²) < 4.78 is 0. The lowest BCUT2D eigenvalue weighted by atomic mass is 10.00. The molecule has 1 rings (SSSR count). The van der Waals surface area contributed by atoms with Gasteiger partial charge in [-0.1, -0.05) is 13.8 Å². The van der Waals surface area contributed by atoms with Crippen molar-refractivity contribution in [3.63, 3.8) is 0 Å². The zero-order valence-corrected chi connectivity index (χ0v) is 11.1. The van der Waals surface area contributed by atoms with Gasteiger partial charge in [0.15, 0.2) is 0 Å². The Hall–Kier alpha value is -0.710. The van der Waals surface area contributed by atoms with Crippen LogP contribution in [0.4, 0.5) is 0 Å². The Balaban J connectivity index is 2.76. The van der Waals surface area contributed by atoms with E-state index in [1.807, 2.05) is 27.0 Å². The summed E-state index contributed by atoms with van der Waals surface area (Å²) in [5.41, 5.74) is 0. The number of rotatable bonds is 4. The number of carbonyl (C=O) groups is 2. The second-order valence-corrected chi connectivity index (χ2v) is 5.47. The monoisotopic (exact) mass is 244 g/mol. The van der Waals surface area contributed by atoms with Crippen LogP contribution in [0.15, 0.2) is 0 Å². The standard InChI is InChI=1S/C11H20N2O2S/c1-7(2)10-11(15)13(5-9(14)12-10)8(3)6-16-4/h7-8,10H,5-6H2,1-4H3,(H,12,14).